The van der Waals surface area contributed by atoms with Crippen molar-refractivity contribution in [1.29, 1.82) is 0 Å². The Morgan fingerprint density at radius 2 is 1.61 bits per heavy atom. The van der Waals surface area contributed by atoms with Gasteiger partial charge in [-0.25, -0.2) is 8.42 Å². The molecule has 11 heteroatoms. The Hall–Kier alpha value is -2.30. The fourth-order valence-electron chi connectivity index (χ4n) is 3.21. The topological polar surface area (TPSA) is 75.7 Å². The van der Waals surface area contributed by atoms with Crippen molar-refractivity contribution in [1.82, 2.24) is 4.31 Å². The summed E-state index contributed by atoms with van der Waals surface area (Å²) in [6.45, 7) is 0.781. The van der Waals surface area contributed by atoms with Crippen LogP contribution >= 0.6 is 11.6 Å². The molecule has 2 aromatic rings. The summed E-state index contributed by atoms with van der Waals surface area (Å²) in [5.74, 6) is -1.06. The van der Waals surface area contributed by atoms with Crippen molar-refractivity contribution < 1.29 is 31.1 Å². The first-order chi connectivity index (χ1) is 14.6. The molecule has 3 rings (SSSR count). The van der Waals surface area contributed by atoms with E-state index in [2.05, 4.69) is 10.1 Å². The molecule has 6 nitrogen and oxygen atoms in total. The van der Waals surface area contributed by atoms with Gasteiger partial charge in [0.05, 0.1) is 5.02 Å². The van der Waals surface area contributed by atoms with Gasteiger partial charge >= 0.3 is 6.36 Å². The Balaban J connectivity index is 1.78. The molecule has 1 amide bonds. The quantitative estimate of drug-likeness (QED) is 0.654. The van der Waals surface area contributed by atoms with E-state index >= 15 is 0 Å². The zero-order valence-electron chi connectivity index (χ0n) is 16.3. The molecule has 0 atom stereocenters. The average Bonchev–Trinajstić information content (AvgIpc) is 2.98. The number of amides is 1. The van der Waals surface area contributed by atoms with E-state index in [4.69, 9.17) is 11.6 Å². The Bertz CT molecular complexity index is 1040. The van der Waals surface area contributed by atoms with E-state index in [1.54, 1.807) is 0 Å². The Morgan fingerprint density at radius 1 is 1.00 bits per heavy atom. The van der Waals surface area contributed by atoms with Gasteiger partial charge in [-0.1, -0.05) is 24.4 Å². The highest BCUT2D eigenvalue weighted by molar-refractivity contribution is 7.89. The average molecular weight is 477 g/mol. The van der Waals surface area contributed by atoms with Gasteiger partial charge in [0.15, 0.2) is 0 Å². The molecule has 1 heterocycles. The van der Waals surface area contributed by atoms with Crippen LogP contribution in [0.2, 0.25) is 5.02 Å². The highest BCUT2D eigenvalue weighted by Gasteiger charge is 2.31. The molecular weight excluding hydrogens is 457 g/mol. The van der Waals surface area contributed by atoms with Crippen molar-refractivity contribution in [2.45, 2.75) is 36.9 Å². The van der Waals surface area contributed by atoms with Gasteiger partial charge < -0.3 is 10.1 Å². The van der Waals surface area contributed by atoms with Crippen LogP contribution in [0.1, 0.15) is 36.0 Å². The van der Waals surface area contributed by atoms with Crippen LogP contribution in [0.4, 0.5) is 18.9 Å². The standard InChI is InChI=1S/C20H20ClF3N2O4S/c21-17-10-5-14(13-18(17)31(28,29)26-11-3-1-2-4-12-26)19(27)25-15-6-8-16(9-7-15)30-20(22,23)24/h5-10,13H,1-4,11-12H2,(H,25,27). The number of anilines is 1. The Kier molecular flexibility index (Phi) is 7.13. The van der Waals surface area contributed by atoms with Gasteiger partial charge in [0, 0.05) is 24.3 Å². The molecule has 0 spiro atoms. The van der Waals surface area contributed by atoms with Crippen molar-refractivity contribution in [3.63, 3.8) is 0 Å². The monoisotopic (exact) mass is 476 g/mol. The van der Waals surface area contributed by atoms with Crippen LogP contribution in [-0.2, 0) is 10.0 Å². The molecule has 2 aromatic carbocycles. The van der Waals surface area contributed by atoms with Gasteiger partial charge in [-0.3, -0.25) is 4.79 Å². The highest BCUT2D eigenvalue weighted by Crippen LogP contribution is 2.28. The molecule has 1 fully saturated rings. The van der Waals surface area contributed by atoms with Crippen molar-refractivity contribution in [3.05, 3.63) is 53.1 Å². The first-order valence-corrected chi connectivity index (χ1v) is 11.3. The number of hydrogen-bond acceptors (Lipinski definition) is 4. The summed E-state index contributed by atoms with van der Waals surface area (Å²) in [6, 6.07) is 8.51. The maximum Gasteiger partial charge on any atom is 0.573 e. The number of nitrogens with one attached hydrogen (secondary N) is 1. The summed E-state index contributed by atoms with van der Waals surface area (Å²) in [6.07, 6.45) is -1.40. The maximum atomic E-state index is 13.0. The largest absolute Gasteiger partial charge is 0.573 e. The minimum atomic E-state index is -4.82. The van der Waals surface area contributed by atoms with E-state index in [0.29, 0.717) is 13.1 Å². The number of halogens is 4. The highest BCUT2D eigenvalue weighted by atomic mass is 35.5. The van der Waals surface area contributed by atoms with Crippen molar-refractivity contribution in [2.75, 3.05) is 18.4 Å². The van der Waals surface area contributed by atoms with Crippen LogP contribution < -0.4 is 10.1 Å². The molecule has 31 heavy (non-hydrogen) atoms. The molecule has 0 aromatic heterocycles. The summed E-state index contributed by atoms with van der Waals surface area (Å²) in [5.41, 5.74) is 0.264. The summed E-state index contributed by atoms with van der Waals surface area (Å²) >= 11 is 6.13. The summed E-state index contributed by atoms with van der Waals surface area (Å²) in [7, 11) is -3.87. The Morgan fingerprint density at radius 3 is 2.19 bits per heavy atom. The number of sulfonamides is 1. The summed E-state index contributed by atoms with van der Waals surface area (Å²) in [4.78, 5) is 12.4. The number of ether oxygens (including phenoxy) is 1. The zero-order valence-corrected chi connectivity index (χ0v) is 17.9. The second kappa shape index (κ2) is 9.46. The van der Waals surface area contributed by atoms with Crippen molar-refractivity contribution >= 4 is 33.2 Å². The second-order valence-corrected chi connectivity index (χ2v) is 9.30. The molecule has 0 unspecified atom stereocenters. The maximum absolute atomic E-state index is 13.0. The van der Waals surface area contributed by atoms with E-state index < -0.39 is 28.0 Å². The lowest BCUT2D eigenvalue weighted by Gasteiger charge is -2.21. The predicted octanol–water partition coefficient (Wildman–Crippen LogP) is 5.06. The van der Waals surface area contributed by atoms with Crippen LogP contribution in [0, 0.1) is 0 Å². The van der Waals surface area contributed by atoms with E-state index in [-0.39, 0.29) is 21.2 Å². The third-order valence-electron chi connectivity index (χ3n) is 4.72. The van der Waals surface area contributed by atoms with Crippen LogP contribution in [0.25, 0.3) is 0 Å². The minimum Gasteiger partial charge on any atom is -0.406 e. The van der Waals surface area contributed by atoms with Gasteiger partial charge in [0.2, 0.25) is 10.0 Å². The Labute approximate surface area is 183 Å². The van der Waals surface area contributed by atoms with Crippen LogP contribution in [0.5, 0.6) is 5.75 Å². The zero-order chi connectivity index (χ0) is 22.6. The van der Waals surface area contributed by atoms with E-state index in [9.17, 15) is 26.4 Å². The van der Waals surface area contributed by atoms with Crippen LogP contribution in [-0.4, -0.2) is 38.1 Å². The number of carbonyl (C=O) groups is 1. The number of benzene rings is 2. The number of carbonyl (C=O) groups excluding carboxylic acids is 1. The van der Waals surface area contributed by atoms with Crippen molar-refractivity contribution in [2.24, 2.45) is 0 Å². The van der Waals surface area contributed by atoms with Gasteiger partial charge in [-0.05, 0) is 55.3 Å². The van der Waals surface area contributed by atoms with Crippen molar-refractivity contribution in [3.8, 4) is 5.75 Å². The summed E-state index contributed by atoms with van der Waals surface area (Å²) < 4.78 is 68.0. The third kappa shape index (κ3) is 6.11. The SMILES string of the molecule is O=C(Nc1ccc(OC(F)(F)F)cc1)c1ccc(Cl)c(S(=O)(=O)N2CCCCCC2)c1. The molecule has 1 N–H and O–H groups in total. The number of hydrogen-bond donors (Lipinski definition) is 1. The molecule has 1 saturated heterocycles. The van der Waals surface area contributed by atoms with E-state index in [0.717, 1.165) is 37.8 Å². The number of alkyl halides is 3. The fourth-order valence-corrected chi connectivity index (χ4v) is 5.22. The third-order valence-corrected chi connectivity index (χ3v) is 7.10. The first-order valence-electron chi connectivity index (χ1n) is 9.53. The molecule has 0 aliphatic carbocycles. The molecule has 1 aliphatic heterocycles. The normalized spacial score (nSPS) is 15.9. The molecule has 0 bridgehead atoms. The van der Waals surface area contributed by atoms with Crippen LogP contribution in [0.3, 0.4) is 0 Å². The molecule has 1 aliphatic rings. The fraction of sp³-hybridized carbons (Fsp3) is 0.350. The first kappa shape index (κ1) is 23.4. The van der Waals surface area contributed by atoms with Gasteiger partial charge in [0.1, 0.15) is 10.6 Å². The lowest BCUT2D eigenvalue weighted by atomic mass is 10.2. The lowest BCUT2D eigenvalue weighted by molar-refractivity contribution is -0.274. The predicted molar refractivity (Wildman–Crippen MR) is 110 cm³/mol. The van der Waals surface area contributed by atoms with Gasteiger partial charge in [-0.15, -0.1) is 13.2 Å². The number of rotatable bonds is 5. The summed E-state index contributed by atoms with van der Waals surface area (Å²) in [5, 5.41) is 2.52. The molecule has 0 saturated carbocycles. The smallest absolute Gasteiger partial charge is 0.406 e. The minimum absolute atomic E-state index is 0.00875. The van der Waals surface area contributed by atoms with Crippen LogP contribution in [0.15, 0.2) is 47.4 Å². The molecule has 168 valence electrons. The van der Waals surface area contributed by atoms with E-state index in [1.807, 2.05) is 0 Å². The van der Waals surface area contributed by atoms with Gasteiger partial charge in [-0.2, -0.15) is 4.31 Å². The van der Waals surface area contributed by atoms with Gasteiger partial charge in [0.25, 0.3) is 5.91 Å². The van der Waals surface area contributed by atoms with E-state index in [1.165, 1.54) is 34.6 Å². The molecule has 0 radical (unpaired) electrons. The second-order valence-electron chi connectivity index (χ2n) is 6.99. The lowest BCUT2D eigenvalue weighted by Crippen LogP contribution is -2.32. The number of nitrogens with zero attached hydrogens (tertiary/aromatic N) is 1. The molecular formula is C20H20ClF3N2O4S.